The molecule has 2 nitrogen and oxygen atoms in total. The largest absolute Gasteiger partial charge is 0.207 e. The maximum Gasteiger partial charge on any atom is 0.127 e. The first-order valence-corrected chi connectivity index (χ1v) is 7.58. The van der Waals surface area contributed by atoms with Crippen LogP contribution in [-0.2, 0) is 0 Å². The van der Waals surface area contributed by atoms with E-state index in [2.05, 4.69) is 19.9 Å². The van der Waals surface area contributed by atoms with E-state index in [0.717, 1.165) is 5.56 Å². The molecule has 0 heterocycles. The maximum atomic E-state index is 13.1. The van der Waals surface area contributed by atoms with Crippen molar-refractivity contribution in [2.45, 2.75) is 39.5 Å². The van der Waals surface area contributed by atoms with Gasteiger partial charge in [0.1, 0.15) is 5.82 Å². The van der Waals surface area contributed by atoms with Gasteiger partial charge in [-0.1, -0.05) is 45.9 Å². The molecule has 118 valence electrons. The van der Waals surface area contributed by atoms with Crippen molar-refractivity contribution in [1.29, 1.82) is 10.5 Å². The average molecular weight is 308 g/mol. The molecule has 3 heteroatoms. The van der Waals surface area contributed by atoms with E-state index in [1.54, 1.807) is 12.1 Å². The molecule has 2 aromatic carbocycles. The van der Waals surface area contributed by atoms with Gasteiger partial charge in [0, 0.05) is 0 Å². The zero-order chi connectivity index (χ0) is 17.4. The highest BCUT2D eigenvalue weighted by atomic mass is 19.1. The van der Waals surface area contributed by atoms with Crippen LogP contribution < -0.4 is 0 Å². The molecule has 0 aliphatic carbocycles. The van der Waals surface area contributed by atoms with E-state index in [4.69, 9.17) is 10.5 Å². The van der Waals surface area contributed by atoms with Gasteiger partial charge in [-0.15, -0.1) is 0 Å². The molecule has 0 unspecified atom stereocenters. The van der Waals surface area contributed by atoms with Gasteiger partial charge in [0.15, 0.2) is 0 Å². The summed E-state index contributed by atoms with van der Waals surface area (Å²) in [6.07, 6.45) is 0. The Balaban J connectivity index is 0.000000231. The fourth-order valence-electron chi connectivity index (χ4n) is 2.01. The summed E-state index contributed by atoms with van der Waals surface area (Å²) in [6.45, 7) is 8.12. The summed E-state index contributed by atoms with van der Waals surface area (Å²) in [7, 11) is 0. The second-order valence-corrected chi connectivity index (χ2v) is 5.89. The SMILES string of the molecule is CC(C)c1ccc(C#N)cc1.CC(C)c1ccc(C#N)cc1F. The Hall–Kier alpha value is -2.65. The molecule has 0 saturated heterocycles. The predicted molar refractivity (Wildman–Crippen MR) is 90.5 cm³/mol. The number of benzene rings is 2. The highest BCUT2D eigenvalue weighted by Crippen LogP contribution is 2.18. The average Bonchev–Trinajstić information content (AvgIpc) is 2.55. The predicted octanol–water partition coefficient (Wildman–Crippen LogP) is 5.50. The minimum atomic E-state index is -0.288. The lowest BCUT2D eigenvalue weighted by atomic mass is 10.0. The van der Waals surface area contributed by atoms with E-state index in [0.29, 0.717) is 17.0 Å². The van der Waals surface area contributed by atoms with Crippen molar-refractivity contribution in [3.05, 3.63) is 70.5 Å². The summed E-state index contributed by atoms with van der Waals surface area (Å²) in [4.78, 5) is 0. The van der Waals surface area contributed by atoms with Gasteiger partial charge in [-0.3, -0.25) is 0 Å². The van der Waals surface area contributed by atoms with Gasteiger partial charge < -0.3 is 0 Å². The molecule has 23 heavy (non-hydrogen) atoms. The van der Waals surface area contributed by atoms with Crippen LogP contribution in [0.3, 0.4) is 0 Å². The van der Waals surface area contributed by atoms with Crippen LogP contribution in [-0.4, -0.2) is 0 Å². The quantitative estimate of drug-likeness (QED) is 0.735. The van der Waals surface area contributed by atoms with Crippen molar-refractivity contribution < 1.29 is 4.39 Å². The number of nitriles is 2. The zero-order valence-electron chi connectivity index (χ0n) is 14.0. The van der Waals surface area contributed by atoms with Crippen LogP contribution in [0, 0.1) is 28.5 Å². The number of hydrogen-bond donors (Lipinski definition) is 0. The van der Waals surface area contributed by atoms with Gasteiger partial charge in [-0.05, 0) is 47.2 Å². The third-order valence-electron chi connectivity index (χ3n) is 3.46. The Kier molecular flexibility index (Phi) is 6.97. The Morgan fingerprint density at radius 1 is 0.783 bits per heavy atom. The summed E-state index contributed by atoms with van der Waals surface area (Å²) in [5, 5.41) is 17.0. The van der Waals surface area contributed by atoms with E-state index in [-0.39, 0.29) is 11.7 Å². The van der Waals surface area contributed by atoms with Crippen molar-refractivity contribution in [2.75, 3.05) is 0 Å². The minimum absolute atomic E-state index is 0.165. The van der Waals surface area contributed by atoms with Crippen molar-refractivity contribution in [1.82, 2.24) is 0 Å². The monoisotopic (exact) mass is 308 g/mol. The molecule has 0 spiro atoms. The van der Waals surface area contributed by atoms with Crippen molar-refractivity contribution in [3.8, 4) is 12.1 Å². The normalized spacial score (nSPS) is 9.78. The Labute approximate surface area is 137 Å². The second kappa shape index (κ2) is 8.71. The second-order valence-electron chi connectivity index (χ2n) is 5.89. The molecular weight excluding hydrogens is 287 g/mol. The van der Waals surface area contributed by atoms with E-state index < -0.39 is 0 Å². The van der Waals surface area contributed by atoms with Gasteiger partial charge in [0.25, 0.3) is 0 Å². The van der Waals surface area contributed by atoms with Crippen LogP contribution in [0.15, 0.2) is 42.5 Å². The van der Waals surface area contributed by atoms with Crippen LogP contribution in [0.4, 0.5) is 4.39 Å². The molecule has 0 aromatic heterocycles. The molecular formula is C20H21FN2. The molecule has 0 amide bonds. The van der Waals surface area contributed by atoms with Gasteiger partial charge in [-0.25, -0.2) is 4.39 Å². The first-order chi connectivity index (χ1) is 10.9. The Bertz CT molecular complexity index is 717. The van der Waals surface area contributed by atoms with E-state index in [9.17, 15) is 4.39 Å². The molecule has 0 bridgehead atoms. The van der Waals surface area contributed by atoms with E-state index in [1.807, 2.05) is 44.2 Å². The van der Waals surface area contributed by atoms with Crippen LogP contribution >= 0.6 is 0 Å². The van der Waals surface area contributed by atoms with Crippen molar-refractivity contribution in [3.63, 3.8) is 0 Å². The Morgan fingerprint density at radius 2 is 1.30 bits per heavy atom. The summed E-state index contributed by atoms with van der Waals surface area (Å²) in [5.41, 5.74) is 3.05. The highest BCUT2D eigenvalue weighted by molar-refractivity contribution is 5.34. The van der Waals surface area contributed by atoms with Gasteiger partial charge >= 0.3 is 0 Å². The molecule has 0 radical (unpaired) electrons. The lowest BCUT2D eigenvalue weighted by molar-refractivity contribution is 0.598. The zero-order valence-corrected chi connectivity index (χ0v) is 14.0. The van der Waals surface area contributed by atoms with Crippen LogP contribution in [0.1, 0.15) is 61.8 Å². The topological polar surface area (TPSA) is 47.6 Å². The van der Waals surface area contributed by atoms with Crippen molar-refractivity contribution >= 4 is 0 Å². The molecule has 0 aliphatic rings. The molecule has 2 aromatic rings. The minimum Gasteiger partial charge on any atom is -0.207 e. The fourth-order valence-corrected chi connectivity index (χ4v) is 2.01. The van der Waals surface area contributed by atoms with Crippen LogP contribution in [0.5, 0.6) is 0 Å². The van der Waals surface area contributed by atoms with Crippen molar-refractivity contribution in [2.24, 2.45) is 0 Å². The van der Waals surface area contributed by atoms with Gasteiger partial charge in [0.05, 0.1) is 23.3 Å². The lowest BCUT2D eigenvalue weighted by Gasteiger charge is -2.05. The fraction of sp³-hybridized carbons (Fsp3) is 0.300. The summed E-state index contributed by atoms with van der Waals surface area (Å²) in [5.74, 6) is 0.421. The summed E-state index contributed by atoms with van der Waals surface area (Å²) >= 11 is 0. The third-order valence-corrected chi connectivity index (χ3v) is 3.46. The molecule has 0 fully saturated rings. The van der Waals surface area contributed by atoms with Crippen LogP contribution in [0.2, 0.25) is 0 Å². The third kappa shape index (κ3) is 5.57. The first-order valence-electron chi connectivity index (χ1n) is 7.58. The lowest BCUT2D eigenvalue weighted by Crippen LogP contribution is -1.92. The molecule has 0 N–H and O–H groups in total. The van der Waals surface area contributed by atoms with Gasteiger partial charge in [0.2, 0.25) is 0 Å². The van der Waals surface area contributed by atoms with E-state index in [1.165, 1.54) is 11.6 Å². The van der Waals surface area contributed by atoms with Gasteiger partial charge in [-0.2, -0.15) is 10.5 Å². The highest BCUT2D eigenvalue weighted by Gasteiger charge is 2.06. The number of halogens is 1. The maximum absolute atomic E-state index is 13.1. The van der Waals surface area contributed by atoms with Crippen LogP contribution in [0.25, 0.3) is 0 Å². The number of rotatable bonds is 2. The molecule has 0 atom stereocenters. The molecule has 0 saturated carbocycles. The standard InChI is InChI=1S/C10H10FN.C10H11N/c1-7(2)9-4-3-8(6-12)5-10(9)11;1-8(2)10-5-3-9(7-11)4-6-10/h3-5,7H,1-2H3;3-6,8H,1-2H3. The van der Waals surface area contributed by atoms with E-state index >= 15 is 0 Å². The molecule has 0 aliphatic heterocycles. The Morgan fingerprint density at radius 3 is 1.70 bits per heavy atom. The number of hydrogen-bond acceptors (Lipinski definition) is 2. The number of nitrogens with zero attached hydrogens (tertiary/aromatic N) is 2. The molecule has 2 rings (SSSR count). The summed E-state index contributed by atoms with van der Waals surface area (Å²) in [6, 6.07) is 16.3. The first kappa shape index (κ1) is 18.4. The smallest absolute Gasteiger partial charge is 0.127 e. The summed E-state index contributed by atoms with van der Waals surface area (Å²) < 4.78 is 13.1.